The van der Waals surface area contributed by atoms with Gasteiger partial charge in [0.25, 0.3) is 10.1 Å². The van der Waals surface area contributed by atoms with E-state index in [0.29, 0.717) is 8.95 Å². The summed E-state index contributed by atoms with van der Waals surface area (Å²) in [6, 6.07) is 4.87. The summed E-state index contributed by atoms with van der Waals surface area (Å²) in [5, 5.41) is 0. The zero-order chi connectivity index (χ0) is 15.0. The Labute approximate surface area is 138 Å². The van der Waals surface area contributed by atoms with Crippen molar-refractivity contribution in [1.29, 1.82) is 0 Å². The standard InChI is InChI=1S/C14H20Br2O3S/c1-2-3-4-5-6-7-8-19-20(17,18)14-10-12(15)9-13(16)11-14/h9-11H,2-8H2,1H3. The summed E-state index contributed by atoms with van der Waals surface area (Å²) in [6.07, 6.45) is 6.59. The van der Waals surface area contributed by atoms with Gasteiger partial charge >= 0.3 is 0 Å². The summed E-state index contributed by atoms with van der Waals surface area (Å²) in [5.41, 5.74) is 0. The van der Waals surface area contributed by atoms with Gasteiger partial charge < -0.3 is 0 Å². The van der Waals surface area contributed by atoms with E-state index in [4.69, 9.17) is 4.18 Å². The first kappa shape index (κ1) is 18.1. The maximum Gasteiger partial charge on any atom is 0.297 e. The SMILES string of the molecule is CCCCCCCCOS(=O)(=O)c1cc(Br)cc(Br)c1. The Morgan fingerprint density at radius 2 is 1.50 bits per heavy atom. The van der Waals surface area contributed by atoms with Gasteiger partial charge in [-0.05, 0) is 24.6 Å². The molecule has 0 aliphatic rings. The van der Waals surface area contributed by atoms with E-state index < -0.39 is 10.1 Å². The first-order chi connectivity index (χ1) is 9.45. The van der Waals surface area contributed by atoms with Gasteiger partial charge in [0.05, 0.1) is 11.5 Å². The molecule has 6 heteroatoms. The summed E-state index contributed by atoms with van der Waals surface area (Å²) in [4.78, 5) is 0.171. The van der Waals surface area contributed by atoms with Crippen LogP contribution in [0.1, 0.15) is 45.4 Å². The van der Waals surface area contributed by atoms with E-state index in [1.165, 1.54) is 19.3 Å². The molecule has 0 saturated heterocycles. The highest BCUT2D eigenvalue weighted by Gasteiger charge is 2.16. The quantitative estimate of drug-likeness (QED) is 0.397. The van der Waals surface area contributed by atoms with Crippen LogP contribution < -0.4 is 0 Å². The lowest BCUT2D eigenvalue weighted by atomic mass is 10.1. The largest absolute Gasteiger partial charge is 0.297 e. The minimum Gasteiger partial charge on any atom is -0.266 e. The van der Waals surface area contributed by atoms with E-state index in [0.717, 1.165) is 19.3 Å². The van der Waals surface area contributed by atoms with Crippen LogP contribution in [0.3, 0.4) is 0 Å². The fourth-order valence-corrected chi connectivity index (χ4v) is 4.40. The van der Waals surface area contributed by atoms with Crippen LogP contribution in [0.25, 0.3) is 0 Å². The number of hydrogen-bond acceptors (Lipinski definition) is 3. The molecule has 0 amide bonds. The van der Waals surface area contributed by atoms with Crippen molar-refractivity contribution >= 4 is 42.0 Å². The number of halogens is 2. The van der Waals surface area contributed by atoms with Crippen molar-refractivity contribution in [2.45, 2.75) is 50.3 Å². The van der Waals surface area contributed by atoms with Gasteiger partial charge in [-0.25, -0.2) is 0 Å². The summed E-state index contributed by atoms with van der Waals surface area (Å²) < 4.78 is 30.5. The molecule has 0 aromatic heterocycles. The smallest absolute Gasteiger partial charge is 0.266 e. The van der Waals surface area contributed by atoms with Gasteiger partial charge in [0.15, 0.2) is 0 Å². The van der Waals surface area contributed by atoms with E-state index in [1.54, 1.807) is 18.2 Å². The van der Waals surface area contributed by atoms with Crippen molar-refractivity contribution in [3.8, 4) is 0 Å². The van der Waals surface area contributed by atoms with Crippen LogP contribution in [0.15, 0.2) is 32.0 Å². The highest BCUT2D eigenvalue weighted by atomic mass is 79.9. The molecule has 0 N–H and O–H groups in total. The minimum atomic E-state index is -3.66. The summed E-state index contributed by atoms with van der Waals surface area (Å²) in [5.74, 6) is 0. The van der Waals surface area contributed by atoms with Crippen LogP contribution >= 0.6 is 31.9 Å². The molecule has 114 valence electrons. The summed E-state index contributed by atoms with van der Waals surface area (Å²) in [6.45, 7) is 2.42. The minimum absolute atomic E-state index is 0.171. The second kappa shape index (κ2) is 9.18. The van der Waals surface area contributed by atoms with Gasteiger partial charge in [0.2, 0.25) is 0 Å². The topological polar surface area (TPSA) is 43.4 Å². The molecule has 0 radical (unpaired) electrons. The lowest BCUT2D eigenvalue weighted by Crippen LogP contribution is -2.07. The van der Waals surface area contributed by atoms with Crippen molar-refractivity contribution < 1.29 is 12.6 Å². The fraction of sp³-hybridized carbons (Fsp3) is 0.571. The number of hydrogen-bond donors (Lipinski definition) is 0. The normalized spacial score (nSPS) is 11.8. The van der Waals surface area contributed by atoms with Gasteiger partial charge in [0, 0.05) is 8.95 Å². The monoisotopic (exact) mass is 426 g/mol. The summed E-state index contributed by atoms with van der Waals surface area (Å²) >= 11 is 6.55. The predicted octanol–water partition coefficient (Wildman–Crippen LogP) is 5.28. The molecule has 0 atom stereocenters. The summed E-state index contributed by atoms with van der Waals surface area (Å²) in [7, 11) is -3.66. The molecule has 0 heterocycles. The molecule has 1 rings (SSSR count). The van der Waals surface area contributed by atoms with E-state index in [2.05, 4.69) is 38.8 Å². The lowest BCUT2D eigenvalue weighted by molar-refractivity contribution is 0.306. The van der Waals surface area contributed by atoms with Crippen molar-refractivity contribution in [2.24, 2.45) is 0 Å². The second-order valence-electron chi connectivity index (χ2n) is 4.65. The Bertz CT molecular complexity index is 495. The number of benzene rings is 1. The molecule has 0 fully saturated rings. The number of rotatable bonds is 9. The van der Waals surface area contributed by atoms with Gasteiger partial charge in [-0.1, -0.05) is 70.9 Å². The van der Waals surface area contributed by atoms with Crippen molar-refractivity contribution in [3.63, 3.8) is 0 Å². The van der Waals surface area contributed by atoms with Crippen LogP contribution in [0.5, 0.6) is 0 Å². The third-order valence-electron chi connectivity index (χ3n) is 2.86. The average Bonchev–Trinajstić information content (AvgIpc) is 2.36. The molecular weight excluding hydrogens is 408 g/mol. The van der Waals surface area contributed by atoms with Crippen LogP contribution in [0.4, 0.5) is 0 Å². The first-order valence-corrected chi connectivity index (χ1v) is 9.80. The highest BCUT2D eigenvalue weighted by molar-refractivity contribution is 9.11. The third-order valence-corrected chi connectivity index (χ3v) is 5.07. The molecule has 0 aliphatic heterocycles. The van der Waals surface area contributed by atoms with Crippen molar-refractivity contribution in [3.05, 3.63) is 27.1 Å². The zero-order valence-electron chi connectivity index (χ0n) is 11.6. The second-order valence-corrected chi connectivity index (χ2v) is 8.10. The lowest BCUT2D eigenvalue weighted by Gasteiger charge is -2.07. The molecule has 1 aromatic carbocycles. The third kappa shape index (κ3) is 6.70. The van der Waals surface area contributed by atoms with Crippen LogP contribution in [-0.4, -0.2) is 15.0 Å². The van der Waals surface area contributed by atoms with Gasteiger partial charge in [-0.3, -0.25) is 4.18 Å². The van der Waals surface area contributed by atoms with Gasteiger partial charge in [0.1, 0.15) is 0 Å². The Kier molecular flexibility index (Phi) is 8.32. The van der Waals surface area contributed by atoms with E-state index in [1.807, 2.05) is 0 Å². The fourth-order valence-electron chi connectivity index (χ4n) is 1.79. The van der Waals surface area contributed by atoms with Gasteiger partial charge in [-0.2, -0.15) is 8.42 Å². The maximum atomic E-state index is 12.0. The molecule has 1 aromatic rings. The van der Waals surface area contributed by atoms with E-state index in [9.17, 15) is 8.42 Å². The Morgan fingerprint density at radius 3 is 2.10 bits per heavy atom. The molecule has 0 unspecified atom stereocenters. The Morgan fingerprint density at radius 1 is 0.950 bits per heavy atom. The highest BCUT2D eigenvalue weighted by Crippen LogP contribution is 2.24. The predicted molar refractivity (Wildman–Crippen MR) is 88.4 cm³/mol. The first-order valence-electron chi connectivity index (χ1n) is 6.81. The van der Waals surface area contributed by atoms with Crippen LogP contribution in [0.2, 0.25) is 0 Å². The molecular formula is C14H20Br2O3S. The van der Waals surface area contributed by atoms with Crippen molar-refractivity contribution in [1.82, 2.24) is 0 Å². The molecule has 0 aliphatic carbocycles. The average molecular weight is 428 g/mol. The zero-order valence-corrected chi connectivity index (χ0v) is 15.6. The van der Waals surface area contributed by atoms with Crippen LogP contribution in [-0.2, 0) is 14.3 Å². The molecule has 3 nitrogen and oxygen atoms in total. The van der Waals surface area contributed by atoms with Crippen molar-refractivity contribution in [2.75, 3.05) is 6.61 Å². The molecule has 0 spiro atoms. The van der Waals surface area contributed by atoms with E-state index in [-0.39, 0.29) is 11.5 Å². The van der Waals surface area contributed by atoms with Crippen LogP contribution in [0, 0.1) is 0 Å². The molecule has 20 heavy (non-hydrogen) atoms. The molecule has 0 saturated carbocycles. The number of unbranched alkanes of at least 4 members (excludes halogenated alkanes) is 5. The van der Waals surface area contributed by atoms with Gasteiger partial charge in [-0.15, -0.1) is 0 Å². The van der Waals surface area contributed by atoms with E-state index >= 15 is 0 Å². The maximum absolute atomic E-state index is 12.0. The molecule has 0 bridgehead atoms. The Hall–Kier alpha value is 0.0900. The Balaban J connectivity index is 2.42.